The van der Waals surface area contributed by atoms with Crippen LogP contribution >= 0.6 is 0 Å². The fourth-order valence-corrected chi connectivity index (χ4v) is 1.35. The number of hydrogen-bond acceptors (Lipinski definition) is 5. The maximum absolute atomic E-state index is 11.7. The van der Waals surface area contributed by atoms with Gasteiger partial charge in [-0.25, -0.2) is 4.79 Å². The smallest absolute Gasteiger partial charge is 0.331 e. The summed E-state index contributed by atoms with van der Waals surface area (Å²) in [5.41, 5.74) is -0.993. The Morgan fingerprint density at radius 2 is 2.29 bits per heavy atom. The van der Waals surface area contributed by atoms with E-state index >= 15 is 0 Å². The van der Waals surface area contributed by atoms with Crippen LogP contribution in [-0.2, 0) is 14.3 Å². The van der Waals surface area contributed by atoms with Gasteiger partial charge in [-0.3, -0.25) is 4.79 Å². The molecule has 1 atom stereocenters. The molecule has 0 aliphatic carbocycles. The van der Waals surface area contributed by atoms with Gasteiger partial charge in [0.15, 0.2) is 6.61 Å². The molecule has 0 saturated carbocycles. The Morgan fingerprint density at radius 3 is 2.81 bits per heavy atom. The Bertz CT molecular complexity index is 555. The van der Waals surface area contributed by atoms with Crippen LogP contribution in [-0.4, -0.2) is 24.0 Å². The van der Waals surface area contributed by atoms with E-state index in [9.17, 15) is 9.59 Å². The van der Waals surface area contributed by atoms with Crippen molar-refractivity contribution >= 4 is 18.0 Å². The molecular weight excluding hydrogens is 272 g/mol. The molecular formula is C15H18N2O4. The Hall–Kier alpha value is -2.55. The van der Waals surface area contributed by atoms with Crippen molar-refractivity contribution in [3.63, 3.8) is 0 Å². The maximum Gasteiger partial charge on any atom is 0.331 e. The normalized spacial score (nSPS) is 13.7. The highest BCUT2D eigenvalue weighted by Gasteiger charge is 2.30. The van der Waals surface area contributed by atoms with Crippen molar-refractivity contribution in [1.29, 1.82) is 5.26 Å². The highest BCUT2D eigenvalue weighted by molar-refractivity contribution is 5.89. The number of ether oxygens (including phenoxy) is 1. The molecule has 1 heterocycles. The number of furan rings is 1. The van der Waals surface area contributed by atoms with E-state index in [0.29, 0.717) is 5.76 Å². The zero-order valence-corrected chi connectivity index (χ0v) is 12.3. The number of nitrogens with one attached hydrogen (secondary N) is 1. The zero-order valence-electron chi connectivity index (χ0n) is 12.3. The second kappa shape index (κ2) is 7.29. The number of nitriles is 1. The van der Waals surface area contributed by atoms with Gasteiger partial charge in [-0.2, -0.15) is 5.26 Å². The van der Waals surface area contributed by atoms with E-state index in [1.54, 1.807) is 19.1 Å². The number of esters is 1. The average Bonchev–Trinajstić information content (AvgIpc) is 2.95. The molecule has 1 aromatic rings. The lowest BCUT2D eigenvalue weighted by Crippen LogP contribution is -2.50. The summed E-state index contributed by atoms with van der Waals surface area (Å²) in [4.78, 5) is 23.1. The second-order valence-electron chi connectivity index (χ2n) is 4.97. The molecule has 0 fully saturated rings. The van der Waals surface area contributed by atoms with Crippen molar-refractivity contribution in [2.24, 2.45) is 5.92 Å². The lowest BCUT2D eigenvalue weighted by Gasteiger charge is -2.27. The lowest BCUT2D eigenvalue weighted by atomic mass is 9.90. The van der Waals surface area contributed by atoms with Crippen LogP contribution in [0.25, 0.3) is 6.08 Å². The number of rotatable bonds is 6. The van der Waals surface area contributed by atoms with Gasteiger partial charge in [0.25, 0.3) is 5.91 Å². The SMILES string of the molecule is CC(C)[C@@](C)(C#N)NC(=O)COC(=O)/C=C/c1ccco1. The summed E-state index contributed by atoms with van der Waals surface area (Å²) in [5.74, 6) is -0.744. The molecule has 0 saturated heterocycles. The minimum absolute atomic E-state index is 0.0685. The van der Waals surface area contributed by atoms with Crippen LogP contribution in [0.5, 0.6) is 0 Å². The summed E-state index contributed by atoms with van der Waals surface area (Å²) in [5, 5.41) is 11.6. The van der Waals surface area contributed by atoms with Gasteiger partial charge in [0.2, 0.25) is 0 Å². The van der Waals surface area contributed by atoms with Crippen molar-refractivity contribution < 1.29 is 18.7 Å². The predicted molar refractivity (Wildman–Crippen MR) is 75.7 cm³/mol. The van der Waals surface area contributed by atoms with E-state index in [-0.39, 0.29) is 5.92 Å². The first kappa shape index (κ1) is 16.5. The van der Waals surface area contributed by atoms with Crippen molar-refractivity contribution in [1.82, 2.24) is 5.32 Å². The van der Waals surface area contributed by atoms with E-state index < -0.39 is 24.0 Å². The van der Waals surface area contributed by atoms with Gasteiger partial charge in [-0.15, -0.1) is 0 Å². The van der Waals surface area contributed by atoms with E-state index in [4.69, 9.17) is 14.4 Å². The largest absolute Gasteiger partial charge is 0.465 e. The summed E-state index contributed by atoms with van der Waals surface area (Å²) < 4.78 is 9.79. The summed E-state index contributed by atoms with van der Waals surface area (Å²) in [7, 11) is 0. The molecule has 0 radical (unpaired) electrons. The number of amides is 1. The van der Waals surface area contributed by atoms with Crippen LogP contribution in [0, 0.1) is 17.2 Å². The minimum atomic E-state index is -0.993. The van der Waals surface area contributed by atoms with E-state index in [2.05, 4.69) is 5.32 Å². The number of hydrogen-bond donors (Lipinski definition) is 1. The molecule has 21 heavy (non-hydrogen) atoms. The Labute approximate surface area is 123 Å². The fourth-order valence-electron chi connectivity index (χ4n) is 1.35. The van der Waals surface area contributed by atoms with Gasteiger partial charge in [0, 0.05) is 6.08 Å². The van der Waals surface area contributed by atoms with Gasteiger partial charge in [0.1, 0.15) is 11.3 Å². The first-order chi connectivity index (χ1) is 9.87. The number of carbonyl (C=O) groups is 2. The third kappa shape index (κ3) is 5.15. The molecule has 0 bridgehead atoms. The Morgan fingerprint density at radius 1 is 1.57 bits per heavy atom. The second-order valence-corrected chi connectivity index (χ2v) is 4.97. The molecule has 1 amide bonds. The summed E-state index contributed by atoms with van der Waals surface area (Å²) >= 11 is 0. The standard InChI is InChI=1S/C15H18N2O4/c1-11(2)15(3,10-16)17-13(18)9-21-14(19)7-6-12-5-4-8-20-12/h4-8,11H,9H2,1-3H3,(H,17,18)/b7-6+/t15-/m1/s1. The summed E-state index contributed by atoms with van der Waals surface area (Å²) in [6.45, 7) is 4.82. The van der Waals surface area contributed by atoms with Crippen LogP contribution < -0.4 is 5.32 Å². The van der Waals surface area contributed by atoms with Crippen molar-refractivity contribution in [3.05, 3.63) is 30.2 Å². The average molecular weight is 290 g/mol. The van der Waals surface area contributed by atoms with Crippen molar-refractivity contribution in [2.75, 3.05) is 6.61 Å². The van der Waals surface area contributed by atoms with Crippen LogP contribution in [0.1, 0.15) is 26.5 Å². The molecule has 0 aliphatic heterocycles. The molecule has 0 spiro atoms. The molecule has 0 aromatic carbocycles. The zero-order chi connectivity index (χ0) is 15.9. The first-order valence-electron chi connectivity index (χ1n) is 6.48. The highest BCUT2D eigenvalue weighted by atomic mass is 16.5. The van der Waals surface area contributed by atoms with Gasteiger partial charge in [-0.05, 0) is 31.1 Å². The lowest BCUT2D eigenvalue weighted by molar-refractivity contribution is -0.144. The highest BCUT2D eigenvalue weighted by Crippen LogP contribution is 2.14. The minimum Gasteiger partial charge on any atom is -0.465 e. The first-order valence-corrected chi connectivity index (χ1v) is 6.48. The summed E-state index contributed by atoms with van der Waals surface area (Å²) in [6.07, 6.45) is 4.08. The molecule has 112 valence electrons. The number of nitrogens with zero attached hydrogens (tertiary/aromatic N) is 1. The van der Waals surface area contributed by atoms with Crippen LogP contribution in [0.3, 0.4) is 0 Å². The third-order valence-corrected chi connectivity index (χ3v) is 3.06. The van der Waals surface area contributed by atoms with Crippen LogP contribution in [0.2, 0.25) is 0 Å². The molecule has 6 heteroatoms. The van der Waals surface area contributed by atoms with E-state index in [1.165, 1.54) is 12.3 Å². The topological polar surface area (TPSA) is 92.3 Å². The molecule has 1 N–H and O–H groups in total. The molecule has 0 aliphatic rings. The van der Waals surface area contributed by atoms with E-state index in [1.807, 2.05) is 19.9 Å². The van der Waals surface area contributed by atoms with E-state index in [0.717, 1.165) is 6.08 Å². The predicted octanol–water partition coefficient (Wildman–Crippen LogP) is 1.89. The Balaban J connectivity index is 2.43. The maximum atomic E-state index is 11.7. The van der Waals surface area contributed by atoms with Crippen LogP contribution in [0.4, 0.5) is 0 Å². The van der Waals surface area contributed by atoms with Gasteiger partial charge in [0.05, 0.1) is 12.3 Å². The Kier molecular flexibility index (Phi) is 5.73. The number of carbonyl (C=O) groups excluding carboxylic acids is 2. The van der Waals surface area contributed by atoms with Gasteiger partial charge >= 0.3 is 5.97 Å². The quantitative estimate of drug-likeness (QED) is 0.638. The van der Waals surface area contributed by atoms with Gasteiger partial charge in [-0.1, -0.05) is 13.8 Å². The molecule has 0 unspecified atom stereocenters. The monoisotopic (exact) mass is 290 g/mol. The fraction of sp³-hybridized carbons (Fsp3) is 0.400. The summed E-state index contributed by atoms with van der Waals surface area (Å²) in [6, 6.07) is 5.41. The van der Waals surface area contributed by atoms with Crippen LogP contribution in [0.15, 0.2) is 28.9 Å². The van der Waals surface area contributed by atoms with Gasteiger partial charge < -0.3 is 14.5 Å². The van der Waals surface area contributed by atoms with Crippen molar-refractivity contribution in [2.45, 2.75) is 26.3 Å². The van der Waals surface area contributed by atoms with Crippen molar-refractivity contribution in [3.8, 4) is 6.07 Å². The molecule has 1 rings (SSSR count). The third-order valence-electron chi connectivity index (χ3n) is 3.06. The molecule has 1 aromatic heterocycles. The molecule has 6 nitrogen and oxygen atoms in total.